The molecule has 0 radical (unpaired) electrons. The second kappa shape index (κ2) is 11.4. The van der Waals surface area contributed by atoms with Crippen LogP contribution < -0.4 is 0 Å². The number of hydrogen-bond donors (Lipinski definition) is 0. The zero-order valence-electron chi connectivity index (χ0n) is 23.9. The average Bonchev–Trinajstić information content (AvgIpc) is 3.60. The molecule has 2 heterocycles. The topological polar surface area (TPSA) is 81.9 Å². The monoisotopic (exact) mass is 647 g/mol. The standard InChI is InChI=1S/C32H27F6N3O3S/c1-45(43,44)16-17-4-6-19(7-5-17)24-3-2-8-39-28(24)20(9-18-10-21(33)13-22(34)11-18)12-23(42)15-41-30-27(29(40-41)31(35)36)25-14-26(25)32(30,37)38/h2-8,10-11,13,20,25-26,31H,9,12,14-16H2,1H3/t20-,25?,26?/m1/s1. The first-order valence-electron chi connectivity index (χ1n) is 14.2. The van der Waals surface area contributed by atoms with Crippen molar-refractivity contribution in [1.82, 2.24) is 14.8 Å². The molecule has 4 aromatic rings. The van der Waals surface area contributed by atoms with Crippen LogP contribution in [0.15, 0.2) is 60.8 Å². The molecule has 3 atom stereocenters. The van der Waals surface area contributed by atoms with E-state index in [2.05, 4.69) is 10.1 Å². The summed E-state index contributed by atoms with van der Waals surface area (Å²) in [6, 6.07) is 13.0. The van der Waals surface area contributed by atoms with Gasteiger partial charge in [-0.3, -0.25) is 14.5 Å². The summed E-state index contributed by atoms with van der Waals surface area (Å²) in [4.78, 5) is 18.0. The number of pyridine rings is 1. The third kappa shape index (κ3) is 6.27. The van der Waals surface area contributed by atoms with Crippen LogP contribution in [-0.2, 0) is 39.3 Å². The molecule has 13 heteroatoms. The Morgan fingerprint density at radius 2 is 1.71 bits per heavy atom. The molecule has 45 heavy (non-hydrogen) atoms. The Balaban J connectivity index is 1.34. The quantitative estimate of drug-likeness (QED) is 0.166. The van der Waals surface area contributed by atoms with Gasteiger partial charge >= 0.3 is 0 Å². The van der Waals surface area contributed by atoms with Crippen molar-refractivity contribution < 1.29 is 39.6 Å². The van der Waals surface area contributed by atoms with E-state index in [0.29, 0.717) is 33.1 Å². The van der Waals surface area contributed by atoms with Gasteiger partial charge in [-0.05, 0) is 53.6 Å². The van der Waals surface area contributed by atoms with Crippen LogP contribution in [0.1, 0.15) is 64.9 Å². The van der Waals surface area contributed by atoms with Crippen molar-refractivity contribution in [3.8, 4) is 11.1 Å². The Morgan fingerprint density at radius 1 is 1.02 bits per heavy atom. The molecule has 2 aliphatic rings. The van der Waals surface area contributed by atoms with Crippen molar-refractivity contribution in [3.63, 3.8) is 0 Å². The number of fused-ring (bicyclic) bond motifs is 3. The molecule has 0 bridgehead atoms. The van der Waals surface area contributed by atoms with Crippen molar-refractivity contribution in [3.05, 3.63) is 106 Å². The largest absolute Gasteiger partial charge is 0.298 e. The molecule has 6 nitrogen and oxygen atoms in total. The Hall–Kier alpha value is -4.00. The fraction of sp³-hybridized carbons (Fsp3) is 0.344. The number of rotatable bonds is 11. The smallest absolute Gasteiger partial charge is 0.293 e. The molecule has 0 saturated heterocycles. The Kier molecular flexibility index (Phi) is 7.87. The van der Waals surface area contributed by atoms with Gasteiger partial charge < -0.3 is 0 Å². The van der Waals surface area contributed by atoms with Crippen LogP contribution in [0.2, 0.25) is 0 Å². The van der Waals surface area contributed by atoms with Gasteiger partial charge in [-0.15, -0.1) is 0 Å². The van der Waals surface area contributed by atoms with Gasteiger partial charge in [0.05, 0.1) is 11.4 Å². The van der Waals surface area contributed by atoms with Gasteiger partial charge in [-0.1, -0.05) is 30.3 Å². The van der Waals surface area contributed by atoms with E-state index in [4.69, 9.17) is 0 Å². The maximum Gasteiger partial charge on any atom is 0.293 e. The number of Topliss-reactive ketones (excluding diaryl/α,β-unsaturated/α-hetero) is 1. The summed E-state index contributed by atoms with van der Waals surface area (Å²) in [7, 11) is -3.28. The van der Waals surface area contributed by atoms with E-state index in [1.807, 2.05) is 0 Å². The molecule has 0 N–H and O–H groups in total. The van der Waals surface area contributed by atoms with Crippen LogP contribution >= 0.6 is 0 Å². The first-order valence-corrected chi connectivity index (χ1v) is 16.2. The molecule has 236 valence electrons. The highest BCUT2D eigenvalue weighted by Crippen LogP contribution is 2.68. The van der Waals surface area contributed by atoms with E-state index >= 15 is 8.78 Å². The molecular weight excluding hydrogens is 620 g/mol. The number of aromatic nitrogens is 3. The maximum absolute atomic E-state index is 15.1. The molecule has 2 aliphatic carbocycles. The number of benzene rings is 2. The summed E-state index contributed by atoms with van der Waals surface area (Å²) in [6.07, 6.45) is -0.791. The summed E-state index contributed by atoms with van der Waals surface area (Å²) < 4.78 is 110. The lowest BCUT2D eigenvalue weighted by atomic mass is 9.86. The van der Waals surface area contributed by atoms with E-state index in [9.17, 15) is 30.8 Å². The van der Waals surface area contributed by atoms with Crippen LogP contribution in [0.4, 0.5) is 26.3 Å². The highest BCUT2D eigenvalue weighted by molar-refractivity contribution is 7.89. The SMILES string of the molecule is CS(=O)(=O)Cc1ccc(-c2cccnc2[C@@H](CC(=O)Cn2nc(C(F)F)c3c2C(F)(F)C2CC32)Cc2cc(F)cc(F)c2)cc1. The normalized spacial score (nSPS) is 18.9. The summed E-state index contributed by atoms with van der Waals surface area (Å²) >= 11 is 0. The Morgan fingerprint density at radius 3 is 2.36 bits per heavy atom. The number of ketones is 1. The van der Waals surface area contributed by atoms with Gasteiger partial charge in [-0.2, -0.15) is 13.9 Å². The molecular formula is C32H27F6N3O3S. The predicted octanol–water partition coefficient (Wildman–Crippen LogP) is 6.90. The molecule has 6 rings (SSSR count). The first-order chi connectivity index (χ1) is 21.2. The van der Waals surface area contributed by atoms with Crippen LogP contribution in [0.25, 0.3) is 11.1 Å². The molecule has 2 aromatic carbocycles. The van der Waals surface area contributed by atoms with Gasteiger partial charge in [0, 0.05) is 47.9 Å². The first kappa shape index (κ1) is 31.0. The molecule has 0 spiro atoms. The fourth-order valence-corrected chi connectivity index (χ4v) is 7.23. The lowest BCUT2D eigenvalue weighted by molar-refractivity contribution is -0.120. The molecule has 2 aromatic heterocycles. The average molecular weight is 648 g/mol. The maximum atomic E-state index is 15.1. The van der Waals surface area contributed by atoms with Gasteiger partial charge in [0.1, 0.15) is 29.6 Å². The van der Waals surface area contributed by atoms with E-state index in [1.54, 1.807) is 36.4 Å². The van der Waals surface area contributed by atoms with Crippen LogP contribution in [0, 0.1) is 17.6 Å². The zero-order valence-corrected chi connectivity index (χ0v) is 24.7. The van der Waals surface area contributed by atoms with Crippen molar-refractivity contribution >= 4 is 15.6 Å². The van der Waals surface area contributed by atoms with Crippen molar-refractivity contribution in [1.29, 1.82) is 0 Å². The predicted molar refractivity (Wildman–Crippen MR) is 153 cm³/mol. The minimum absolute atomic E-state index is 0.0591. The fourth-order valence-electron chi connectivity index (χ4n) is 6.43. The zero-order chi connectivity index (χ0) is 32.3. The summed E-state index contributed by atoms with van der Waals surface area (Å²) in [5.41, 5.74) is 0.774. The van der Waals surface area contributed by atoms with Gasteiger partial charge in [0.2, 0.25) is 0 Å². The van der Waals surface area contributed by atoms with Gasteiger partial charge in [-0.25, -0.2) is 26.0 Å². The third-order valence-electron chi connectivity index (χ3n) is 8.29. The Labute approximate surface area is 255 Å². The second-order valence-corrected chi connectivity index (χ2v) is 13.9. The highest BCUT2D eigenvalue weighted by atomic mass is 32.2. The number of nitrogens with zero attached hydrogens (tertiary/aromatic N) is 3. The lowest BCUT2D eigenvalue weighted by Crippen LogP contribution is -2.24. The number of alkyl halides is 4. The highest BCUT2D eigenvalue weighted by Gasteiger charge is 2.67. The molecule has 0 aliphatic heterocycles. The lowest BCUT2D eigenvalue weighted by Gasteiger charge is -2.21. The van der Waals surface area contributed by atoms with E-state index in [1.165, 1.54) is 6.20 Å². The van der Waals surface area contributed by atoms with Gasteiger partial charge in [0.25, 0.3) is 12.3 Å². The van der Waals surface area contributed by atoms with Crippen LogP contribution in [-0.4, -0.2) is 35.2 Å². The summed E-state index contributed by atoms with van der Waals surface area (Å²) in [6.45, 7) is -0.694. The molecule has 1 fully saturated rings. The summed E-state index contributed by atoms with van der Waals surface area (Å²) in [5, 5.41) is 3.74. The Bertz CT molecular complexity index is 1870. The van der Waals surface area contributed by atoms with Crippen molar-refractivity contribution in [2.45, 2.75) is 55.7 Å². The molecule has 1 saturated carbocycles. The van der Waals surface area contributed by atoms with Crippen molar-refractivity contribution in [2.75, 3.05) is 6.26 Å². The molecule has 0 amide bonds. The van der Waals surface area contributed by atoms with E-state index in [-0.39, 0.29) is 36.1 Å². The summed E-state index contributed by atoms with van der Waals surface area (Å²) in [5.74, 6) is -8.43. The number of carbonyl (C=O) groups excluding carboxylic acids is 1. The van der Waals surface area contributed by atoms with Crippen LogP contribution in [0.5, 0.6) is 0 Å². The van der Waals surface area contributed by atoms with E-state index in [0.717, 1.165) is 18.4 Å². The molecule has 2 unspecified atom stereocenters. The van der Waals surface area contributed by atoms with Crippen LogP contribution in [0.3, 0.4) is 0 Å². The number of hydrogen-bond acceptors (Lipinski definition) is 5. The number of halogens is 6. The number of carbonyl (C=O) groups is 1. The van der Waals surface area contributed by atoms with E-state index < -0.39 is 75.3 Å². The second-order valence-electron chi connectivity index (χ2n) is 11.8. The van der Waals surface area contributed by atoms with Crippen molar-refractivity contribution in [2.24, 2.45) is 5.92 Å². The minimum atomic E-state index is -3.39. The van der Waals surface area contributed by atoms with Gasteiger partial charge in [0.15, 0.2) is 15.6 Å². The third-order valence-corrected chi connectivity index (χ3v) is 9.15. The number of sulfone groups is 1. The minimum Gasteiger partial charge on any atom is -0.298 e.